The van der Waals surface area contributed by atoms with Crippen molar-refractivity contribution in [2.75, 3.05) is 11.5 Å². The summed E-state index contributed by atoms with van der Waals surface area (Å²) in [4.78, 5) is 0.464. The van der Waals surface area contributed by atoms with Gasteiger partial charge in [0.05, 0.1) is 11.5 Å². The first-order chi connectivity index (χ1) is 5.96. The maximum absolute atomic E-state index is 11.2. The van der Waals surface area contributed by atoms with Crippen LogP contribution in [0.3, 0.4) is 0 Å². The van der Waals surface area contributed by atoms with Gasteiger partial charge >= 0.3 is 0 Å². The summed E-state index contributed by atoms with van der Waals surface area (Å²) >= 11 is 3.59. The Bertz CT molecular complexity index is 261. The van der Waals surface area contributed by atoms with Crippen molar-refractivity contribution in [1.82, 2.24) is 0 Å². The Labute approximate surface area is 89.1 Å². The zero-order valence-corrected chi connectivity index (χ0v) is 10.6. The fourth-order valence-electron chi connectivity index (χ4n) is 1.91. The second-order valence-corrected chi connectivity index (χ2v) is 7.35. The zero-order valence-electron chi connectivity index (χ0n) is 8.16. The molecule has 0 aromatic carbocycles. The van der Waals surface area contributed by atoms with Crippen molar-refractivity contribution in [3.63, 3.8) is 0 Å². The van der Waals surface area contributed by atoms with Crippen LogP contribution in [0, 0.1) is 11.8 Å². The average molecular weight is 269 g/mol. The predicted molar refractivity (Wildman–Crippen MR) is 58.9 cm³/mol. The van der Waals surface area contributed by atoms with E-state index in [1.165, 1.54) is 0 Å². The summed E-state index contributed by atoms with van der Waals surface area (Å²) in [7, 11) is -2.70. The van der Waals surface area contributed by atoms with Gasteiger partial charge in [0.2, 0.25) is 0 Å². The van der Waals surface area contributed by atoms with Crippen molar-refractivity contribution < 1.29 is 8.42 Å². The molecular formula is C9H17BrO2S. The summed E-state index contributed by atoms with van der Waals surface area (Å²) < 4.78 is 22.5. The Morgan fingerprint density at radius 2 is 2.15 bits per heavy atom. The highest BCUT2D eigenvalue weighted by atomic mass is 79.9. The van der Waals surface area contributed by atoms with Gasteiger partial charge in [-0.3, -0.25) is 0 Å². The second kappa shape index (κ2) is 4.30. The molecule has 0 aromatic rings. The van der Waals surface area contributed by atoms with E-state index in [9.17, 15) is 8.42 Å². The Morgan fingerprint density at radius 1 is 1.54 bits per heavy atom. The summed E-state index contributed by atoms with van der Waals surface area (Å²) in [5, 5.41) is 0. The largest absolute Gasteiger partial charge is 0.229 e. The number of hydrogen-bond acceptors (Lipinski definition) is 2. The third-order valence-corrected chi connectivity index (χ3v) is 6.25. The van der Waals surface area contributed by atoms with Crippen molar-refractivity contribution in [1.29, 1.82) is 0 Å². The summed E-state index contributed by atoms with van der Waals surface area (Å²) in [6.07, 6.45) is 1.92. The van der Waals surface area contributed by atoms with Gasteiger partial charge in [-0.15, -0.1) is 0 Å². The highest BCUT2D eigenvalue weighted by Crippen LogP contribution is 2.31. The molecule has 0 amide bonds. The predicted octanol–water partition coefficient (Wildman–Crippen LogP) is 2.23. The van der Waals surface area contributed by atoms with Crippen LogP contribution in [0.25, 0.3) is 0 Å². The van der Waals surface area contributed by atoms with Crippen LogP contribution in [0.5, 0.6) is 0 Å². The minimum absolute atomic E-state index is 0.370. The molecule has 2 nitrogen and oxygen atoms in total. The number of sulfone groups is 1. The maximum atomic E-state index is 11.2. The van der Waals surface area contributed by atoms with Crippen LogP contribution in [-0.2, 0) is 9.84 Å². The fraction of sp³-hybridized carbons (Fsp3) is 1.00. The summed E-state index contributed by atoms with van der Waals surface area (Å²) in [6, 6.07) is 0. The lowest BCUT2D eigenvalue weighted by molar-refractivity contribution is 0.382. The van der Waals surface area contributed by atoms with Crippen LogP contribution in [0.1, 0.15) is 26.7 Å². The first-order valence-corrected chi connectivity index (χ1v) is 7.54. The molecule has 0 aromatic heterocycles. The van der Waals surface area contributed by atoms with Crippen LogP contribution in [0.4, 0.5) is 0 Å². The van der Waals surface area contributed by atoms with Crippen molar-refractivity contribution in [2.24, 2.45) is 11.8 Å². The lowest BCUT2D eigenvalue weighted by Gasteiger charge is -2.22. The molecule has 0 N–H and O–H groups in total. The van der Waals surface area contributed by atoms with Crippen LogP contribution in [0.15, 0.2) is 0 Å². The summed E-state index contributed by atoms with van der Waals surface area (Å²) in [6.45, 7) is 4.27. The maximum Gasteiger partial charge on any atom is 0.150 e. The van der Waals surface area contributed by atoms with E-state index in [-0.39, 0.29) is 0 Å². The van der Waals surface area contributed by atoms with E-state index in [4.69, 9.17) is 0 Å². The highest BCUT2D eigenvalue weighted by Gasteiger charge is 2.33. The van der Waals surface area contributed by atoms with E-state index < -0.39 is 9.84 Å². The van der Waals surface area contributed by atoms with Gasteiger partial charge in [0.1, 0.15) is 0 Å². The minimum atomic E-state index is -2.70. The molecule has 0 saturated carbocycles. The van der Waals surface area contributed by atoms with E-state index >= 15 is 0 Å². The van der Waals surface area contributed by atoms with Gasteiger partial charge in [0.15, 0.2) is 9.84 Å². The smallest absolute Gasteiger partial charge is 0.150 e. The van der Waals surface area contributed by atoms with Crippen LogP contribution in [0.2, 0.25) is 0 Å². The molecule has 78 valence electrons. The molecule has 1 rings (SSSR count). The standard InChI is InChI=1S/C9H17BrO2S/c1-3-9(10)7(2)8-4-5-13(11,12)6-8/h7-9H,3-6H2,1-2H3. The fourth-order valence-corrected chi connectivity index (χ4v) is 4.29. The quantitative estimate of drug-likeness (QED) is 0.736. The van der Waals surface area contributed by atoms with Crippen molar-refractivity contribution in [3.8, 4) is 0 Å². The zero-order chi connectivity index (χ0) is 10.1. The van der Waals surface area contributed by atoms with Gasteiger partial charge < -0.3 is 0 Å². The topological polar surface area (TPSA) is 34.1 Å². The van der Waals surface area contributed by atoms with Crippen molar-refractivity contribution in [2.45, 2.75) is 31.5 Å². The number of rotatable bonds is 3. The number of hydrogen-bond donors (Lipinski definition) is 0. The highest BCUT2D eigenvalue weighted by molar-refractivity contribution is 9.09. The monoisotopic (exact) mass is 268 g/mol. The normalized spacial score (nSPS) is 31.5. The Morgan fingerprint density at radius 3 is 2.54 bits per heavy atom. The first kappa shape index (κ1) is 11.5. The molecule has 1 saturated heterocycles. The minimum Gasteiger partial charge on any atom is -0.229 e. The molecule has 1 heterocycles. The lowest BCUT2D eigenvalue weighted by atomic mass is 9.90. The average Bonchev–Trinajstić information content (AvgIpc) is 2.43. The van der Waals surface area contributed by atoms with Gasteiger partial charge in [0, 0.05) is 4.83 Å². The lowest BCUT2D eigenvalue weighted by Crippen LogP contribution is -2.21. The van der Waals surface area contributed by atoms with Crippen LogP contribution >= 0.6 is 15.9 Å². The Hall–Kier alpha value is 0.430. The molecule has 4 heteroatoms. The van der Waals surface area contributed by atoms with Gasteiger partial charge in [-0.25, -0.2) is 8.42 Å². The molecule has 1 aliphatic rings. The van der Waals surface area contributed by atoms with Crippen molar-refractivity contribution in [3.05, 3.63) is 0 Å². The molecule has 0 aliphatic carbocycles. The Kier molecular flexibility index (Phi) is 3.81. The number of alkyl halides is 1. The summed E-state index contributed by atoms with van der Waals surface area (Å²) in [5.74, 6) is 1.64. The van der Waals surface area contributed by atoms with Crippen LogP contribution in [-0.4, -0.2) is 24.8 Å². The van der Waals surface area contributed by atoms with Gasteiger partial charge in [-0.1, -0.05) is 29.8 Å². The van der Waals surface area contributed by atoms with E-state index in [1.54, 1.807) is 0 Å². The molecule has 3 atom stereocenters. The van der Waals surface area contributed by atoms with Gasteiger partial charge in [-0.2, -0.15) is 0 Å². The molecule has 3 unspecified atom stereocenters. The van der Waals surface area contributed by atoms with Gasteiger partial charge in [-0.05, 0) is 24.7 Å². The molecule has 0 radical (unpaired) electrons. The first-order valence-electron chi connectivity index (χ1n) is 4.80. The van der Waals surface area contributed by atoms with E-state index in [2.05, 4.69) is 29.8 Å². The summed E-state index contributed by atoms with van der Waals surface area (Å²) in [5.41, 5.74) is 0. The molecular weight excluding hydrogens is 252 g/mol. The van der Waals surface area contributed by atoms with E-state index in [0.717, 1.165) is 12.8 Å². The molecule has 1 fully saturated rings. The van der Waals surface area contributed by atoms with E-state index in [0.29, 0.717) is 28.2 Å². The third kappa shape index (κ3) is 2.94. The van der Waals surface area contributed by atoms with Crippen LogP contribution < -0.4 is 0 Å². The third-order valence-electron chi connectivity index (χ3n) is 2.97. The van der Waals surface area contributed by atoms with Crippen molar-refractivity contribution >= 4 is 25.8 Å². The molecule has 0 spiro atoms. The van der Waals surface area contributed by atoms with Gasteiger partial charge in [0.25, 0.3) is 0 Å². The second-order valence-electron chi connectivity index (χ2n) is 3.95. The molecule has 1 aliphatic heterocycles. The SMILES string of the molecule is CCC(Br)C(C)C1CCS(=O)(=O)C1. The molecule has 0 bridgehead atoms. The Balaban J connectivity index is 2.56. The molecule has 13 heavy (non-hydrogen) atoms. The van der Waals surface area contributed by atoms with E-state index in [1.807, 2.05) is 0 Å². The number of halogens is 1.